The van der Waals surface area contributed by atoms with Gasteiger partial charge in [0.05, 0.1) is 0 Å². The Balaban J connectivity index is 1.42. The van der Waals surface area contributed by atoms with Gasteiger partial charge in [0.2, 0.25) is 11.5 Å². The van der Waals surface area contributed by atoms with E-state index in [0.29, 0.717) is 24.9 Å². The minimum absolute atomic E-state index is 0.0112. The number of hydrogen-bond donors (Lipinski definition) is 1. The molecular formula is C16H20N2O2. The van der Waals surface area contributed by atoms with Crippen LogP contribution in [0.15, 0.2) is 41.3 Å². The molecule has 20 heavy (non-hydrogen) atoms. The molecule has 106 valence electrons. The van der Waals surface area contributed by atoms with Crippen molar-refractivity contribution in [2.45, 2.75) is 25.8 Å². The van der Waals surface area contributed by atoms with E-state index in [1.807, 2.05) is 6.07 Å². The normalized spacial score (nSPS) is 26.9. The highest BCUT2D eigenvalue weighted by molar-refractivity contribution is 5.79. The number of carbonyl (C=O) groups is 1. The summed E-state index contributed by atoms with van der Waals surface area (Å²) in [4.78, 5) is 23.6. The van der Waals surface area contributed by atoms with Crippen LogP contribution in [-0.4, -0.2) is 17.0 Å². The van der Waals surface area contributed by atoms with Gasteiger partial charge in [0.25, 0.3) is 0 Å². The molecule has 1 amide bonds. The molecule has 0 spiro atoms. The fourth-order valence-electron chi connectivity index (χ4n) is 3.32. The average Bonchev–Trinajstić information content (AvgIpc) is 3.07. The zero-order valence-corrected chi connectivity index (χ0v) is 11.5. The highest BCUT2D eigenvalue weighted by atomic mass is 16.2. The molecule has 0 aliphatic heterocycles. The minimum atomic E-state index is 0.0112. The van der Waals surface area contributed by atoms with E-state index >= 15 is 0 Å². The van der Waals surface area contributed by atoms with Gasteiger partial charge in [-0.3, -0.25) is 9.59 Å². The molecule has 4 nitrogen and oxygen atoms in total. The maximum Gasteiger partial charge on any atom is 0.250 e. The Labute approximate surface area is 118 Å². The third-order valence-corrected chi connectivity index (χ3v) is 4.39. The quantitative estimate of drug-likeness (QED) is 0.653. The Bertz CT molecular complexity index is 576. The lowest BCUT2D eigenvalue weighted by molar-refractivity contribution is -0.125. The van der Waals surface area contributed by atoms with E-state index in [1.54, 1.807) is 22.9 Å². The predicted octanol–water partition coefficient (Wildman–Crippen LogP) is 1.57. The first kappa shape index (κ1) is 13.2. The summed E-state index contributed by atoms with van der Waals surface area (Å²) in [5, 5.41) is 3.01. The van der Waals surface area contributed by atoms with E-state index in [9.17, 15) is 9.59 Å². The lowest BCUT2D eigenvalue weighted by Gasteiger charge is -2.17. The maximum absolute atomic E-state index is 12.1. The van der Waals surface area contributed by atoms with E-state index in [2.05, 4.69) is 17.5 Å². The number of amides is 1. The Morgan fingerprint density at radius 3 is 2.90 bits per heavy atom. The van der Waals surface area contributed by atoms with Crippen LogP contribution in [0.1, 0.15) is 19.3 Å². The van der Waals surface area contributed by atoms with Gasteiger partial charge in [0, 0.05) is 31.3 Å². The number of nitrogens with one attached hydrogen (secondary N) is 1. The van der Waals surface area contributed by atoms with Gasteiger partial charge in [-0.1, -0.05) is 18.2 Å². The topological polar surface area (TPSA) is 51.1 Å². The van der Waals surface area contributed by atoms with Gasteiger partial charge < -0.3 is 9.88 Å². The van der Waals surface area contributed by atoms with Crippen LogP contribution in [0, 0.1) is 17.8 Å². The van der Waals surface area contributed by atoms with Gasteiger partial charge in [-0.2, -0.15) is 0 Å². The molecule has 0 saturated heterocycles. The van der Waals surface area contributed by atoms with Crippen molar-refractivity contribution in [2.75, 3.05) is 6.54 Å². The fraction of sp³-hybridized carbons (Fsp3) is 0.500. The average molecular weight is 272 g/mol. The lowest BCUT2D eigenvalue weighted by atomic mass is 9.93. The molecule has 1 aromatic rings. The Morgan fingerprint density at radius 2 is 2.20 bits per heavy atom. The van der Waals surface area contributed by atoms with Crippen molar-refractivity contribution in [3.05, 3.63) is 46.9 Å². The zero-order valence-electron chi connectivity index (χ0n) is 11.5. The van der Waals surface area contributed by atoms with Crippen LogP contribution < -0.4 is 10.9 Å². The van der Waals surface area contributed by atoms with E-state index in [-0.39, 0.29) is 17.4 Å². The molecule has 1 saturated carbocycles. The molecule has 1 fully saturated rings. The molecule has 3 rings (SSSR count). The molecule has 3 atom stereocenters. The summed E-state index contributed by atoms with van der Waals surface area (Å²) in [5.41, 5.74) is 0.0112. The molecule has 0 radical (unpaired) electrons. The van der Waals surface area contributed by atoms with Crippen LogP contribution in [-0.2, 0) is 11.3 Å². The SMILES string of the molecule is O=C(NCCCn1ccccc1=O)[C@H]1C[C@@H]2C=C[C@H]1C2. The number of aryl methyl sites for hydroxylation is 1. The second-order valence-corrected chi connectivity index (χ2v) is 5.76. The molecular weight excluding hydrogens is 252 g/mol. The van der Waals surface area contributed by atoms with Crippen LogP contribution in [0.4, 0.5) is 0 Å². The number of rotatable bonds is 5. The second kappa shape index (κ2) is 5.65. The molecule has 2 aliphatic carbocycles. The maximum atomic E-state index is 12.1. The molecule has 1 heterocycles. The van der Waals surface area contributed by atoms with E-state index < -0.39 is 0 Å². The van der Waals surface area contributed by atoms with Crippen molar-refractivity contribution >= 4 is 5.91 Å². The lowest BCUT2D eigenvalue weighted by Crippen LogP contribution is -2.34. The van der Waals surface area contributed by atoms with Crippen molar-refractivity contribution < 1.29 is 4.79 Å². The van der Waals surface area contributed by atoms with Gasteiger partial charge in [-0.05, 0) is 37.2 Å². The Kier molecular flexibility index (Phi) is 3.72. The summed E-state index contributed by atoms with van der Waals surface area (Å²) in [5.74, 6) is 1.43. The number of fused-ring (bicyclic) bond motifs is 2. The first-order valence-electron chi connectivity index (χ1n) is 7.35. The molecule has 1 N–H and O–H groups in total. The fourth-order valence-corrected chi connectivity index (χ4v) is 3.32. The zero-order chi connectivity index (χ0) is 13.9. The van der Waals surface area contributed by atoms with Gasteiger partial charge in [-0.15, -0.1) is 0 Å². The van der Waals surface area contributed by atoms with Gasteiger partial charge in [0.15, 0.2) is 0 Å². The first-order chi connectivity index (χ1) is 9.74. The van der Waals surface area contributed by atoms with Crippen LogP contribution in [0.5, 0.6) is 0 Å². The third kappa shape index (κ3) is 2.69. The smallest absolute Gasteiger partial charge is 0.250 e. The monoisotopic (exact) mass is 272 g/mol. The van der Waals surface area contributed by atoms with Crippen LogP contribution in [0.2, 0.25) is 0 Å². The van der Waals surface area contributed by atoms with Crippen molar-refractivity contribution in [1.29, 1.82) is 0 Å². The van der Waals surface area contributed by atoms with Crippen LogP contribution in [0.25, 0.3) is 0 Å². The molecule has 2 bridgehead atoms. The summed E-state index contributed by atoms with van der Waals surface area (Å²) < 4.78 is 1.67. The van der Waals surface area contributed by atoms with Gasteiger partial charge in [-0.25, -0.2) is 0 Å². The summed E-state index contributed by atoms with van der Waals surface area (Å²) in [6, 6.07) is 5.14. The molecule has 2 aliphatic rings. The van der Waals surface area contributed by atoms with E-state index in [4.69, 9.17) is 0 Å². The van der Waals surface area contributed by atoms with Crippen molar-refractivity contribution in [2.24, 2.45) is 17.8 Å². The highest BCUT2D eigenvalue weighted by Crippen LogP contribution is 2.43. The minimum Gasteiger partial charge on any atom is -0.356 e. The molecule has 1 aromatic heterocycles. The number of allylic oxidation sites excluding steroid dienone is 2. The summed E-state index contributed by atoms with van der Waals surface area (Å²) in [7, 11) is 0. The first-order valence-corrected chi connectivity index (χ1v) is 7.35. The van der Waals surface area contributed by atoms with Crippen molar-refractivity contribution in [1.82, 2.24) is 9.88 Å². The molecule has 0 aromatic carbocycles. The molecule has 0 unspecified atom stereocenters. The third-order valence-electron chi connectivity index (χ3n) is 4.39. The number of aromatic nitrogens is 1. The second-order valence-electron chi connectivity index (χ2n) is 5.76. The predicted molar refractivity (Wildman–Crippen MR) is 77.2 cm³/mol. The standard InChI is InChI=1S/C16H20N2O2/c19-15-4-1-2-8-18(15)9-3-7-17-16(20)14-11-12-5-6-13(14)10-12/h1-2,4-6,8,12-14H,3,7,9-11H2,(H,17,20)/t12-,13+,14+/m1/s1. The number of carbonyl (C=O) groups excluding carboxylic acids is 1. The van der Waals surface area contributed by atoms with Gasteiger partial charge >= 0.3 is 0 Å². The number of hydrogen-bond acceptors (Lipinski definition) is 2. The van der Waals surface area contributed by atoms with Crippen molar-refractivity contribution in [3.8, 4) is 0 Å². The summed E-state index contributed by atoms with van der Waals surface area (Å²) in [6.07, 6.45) is 9.16. The largest absolute Gasteiger partial charge is 0.356 e. The van der Waals surface area contributed by atoms with Crippen molar-refractivity contribution in [3.63, 3.8) is 0 Å². The van der Waals surface area contributed by atoms with Gasteiger partial charge in [0.1, 0.15) is 0 Å². The van der Waals surface area contributed by atoms with Crippen LogP contribution in [0.3, 0.4) is 0 Å². The Hall–Kier alpha value is -1.84. The summed E-state index contributed by atoms with van der Waals surface area (Å²) >= 11 is 0. The van der Waals surface area contributed by atoms with E-state index in [0.717, 1.165) is 19.3 Å². The summed E-state index contributed by atoms with van der Waals surface area (Å²) in [6.45, 7) is 1.29. The van der Waals surface area contributed by atoms with Crippen LogP contribution >= 0.6 is 0 Å². The number of nitrogens with zero attached hydrogens (tertiary/aromatic N) is 1. The Morgan fingerprint density at radius 1 is 1.30 bits per heavy atom. The van der Waals surface area contributed by atoms with E-state index in [1.165, 1.54) is 0 Å². The highest BCUT2D eigenvalue weighted by Gasteiger charge is 2.39. The number of pyridine rings is 1. The molecule has 4 heteroatoms.